The second-order valence-electron chi connectivity index (χ2n) is 7.23. The second-order valence-corrected chi connectivity index (χ2v) is 8.18. The number of thiophene rings is 1. The van der Waals surface area contributed by atoms with Crippen molar-refractivity contribution in [3.63, 3.8) is 0 Å². The van der Waals surface area contributed by atoms with Crippen LogP contribution < -0.4 is 10.2 Å². The van der Waals surface area contributed by atoms with E-state index in [4.69, 9.17) is 4.74 Å². The molecule has 154 valence electrons. The largest absolute Gasteiger partial charge is 0.377 e. The zero-order chi connectivity index (χ0) is 20.2. The Morgan fingerprint density at radius 2 is 2.10 bits per heavy atom. The van der Waals surface area contributed by atoms with Crippen LogP contribution in [0.1, 0.15) is 22.5 Å². The van der Waals surface area contributed by atoms with E-state index in [1.807, 2.05) is 28.5 Å². The molecule has 0 saturated carbocycles. The van der Waals surface area contributed by atoms with Crippen LogP contribution >= 0.6 is 11.3 Å². The summed E-state index contributed by atoms with van der Waals surface area (Å²) in [7, 11) is 0. The highest BCUT2D eigenvalue weighted by Crippen LogP contribution is 2.31. The normalized spacial score (nSPS) is 19.4. The molecule has 1 amide bonds. The summed E-state index contributed by atoms with van der Waals surface area (Å²) in [5, 5.41) is 16.5. The molecule has 1 aromatic heterocycles. The Morgan fingerprint density at radius 1 is 1.28 bits per heavy atom. The van der Waals surface area contributed by atoms with Crippen molar-refractivity contribution in [3.8, 4) is 0 Å². The van der Waals surface area contributed by atoms with E-state index in [9.17, 15) is 14.9 Å². The van der Waals surface area contributed by atoms with Gasteiger partial charge in [-0.3, -0.25) is 14.9 Å². The zero-order valence-electron chi connectivity index (χ0n) is 16.1. The summed E-state index contributed by atoms with van der Waals surface area (Å²) in [6, 6.07) is 8.91. The number of carbonyl (C=O) groups excluding carboxylic acids is 1. The first-order valence-electron chi connectivity index (χ1n) is 9.83. The average Bonchev–Trinajstić information content (AvgIpc) is 3.45. The molecule has 2 aliphatic rings. The Kier molecular flexibility index (Phi) is 5.96. The zero-order valence-corrected chi connectivity index (χ0v) is 16.9. The summed E-state index contributed by atoms with van der Waals surface area (Å²) in [5.41, 5.74) is 1.51. The van der Waals surface area contributed by atoms with Gasteiger partial charge in [0.25, 0.3) is 11.6 Å². The van der Waals surface area contributed by atoms with E-state index in [2.05, 4.69) is 10.2 Å². The summed E-state index contributed by atoms with van der Waals surface area (Å²) in [6.45, 7) is 3.97. The number of anilines is 2. The topological polar surface area (TPSA) is 88.0 Å². The molecule has 1 N–H and O–H groups in total. The highest BCUT2D eigenvalue weighted by molar-refractivity contribution is 7.12. The molecular weight excluding hydrogens is 392 g/mol. The average molecular weight is 417 g/mol. The molecule has 1 atom stereocenters. The summed E-state index contributed by atoms with van der Waals surface area (Å²) in [4.78, 5) is 28.4. The fraction of sp³-hybridized carbons (Fsp3) is 0.450. The predicted molar refractivity (Wildman–Crippen MR) is 113 cm³/mol. The lowest BCUT2D eigenvalue weighted by Crippen LogP contribution is -2.48. The third-order valence-electron chi connectivity index (χ3n) is 5.38. The van der Waals surface area contributed by atoms with Gasteiger partial charge in [0.05, 0.1) is 15.9 Å². The first-order chi connectivity index (χ1) is 14.1. The molecule has 0 aliphatic carbocycles. The number of ether oxygens (including phenoxy) is 1. The van der Waals surface area contributed by atoms with Gasteiger partial charge in [-0.2, -0.15) is 0 Å². The molecule has 9 heteroatoms. The molecule has 0 unspecified atom stereocenters. The number of piperazine rings is 1. The number of benzene rings is 1. The van der Waals surface area contributed by atoms with Crippen LogP contribution in [0.4, 0.5) is 17.1 Å². The third kappa shape index (κ3) is 4.51. The smallest absolute Gasteiger partial charge is 0.292 e. The monoisotopic (exact) mass is 416 g/mol. The number of nitro groups is 1. The van der Waals surface area contributed by atoms with Gasteiger partial charge in [0.15, 0.2) is 0 Å². The number of rotatable bonds is 6. The summed E-state index contributed by atoms with van der Waals surface area (Å²) in [6.07, 6.45) is 2.11. The minimum absolute atomic E-state index is 0.0678. The Bertz CT molecular complexity index is 859. The van der Waals surface area contributed by atoms with Crippen LogP contribution in [0.25, 0.3) is 0 Å². The molecule has 0 bridgehead atoms. The fourth-order valence-electron chi connectivity index (χ4n) is 3.77. The molecule has 0 spiro atoms. The minimum atomic E-state index is -0.362. The van der Waals surface area contributed by atoms with Gasteiger partial charge in [-0.1, -0.05) is 6.07 Å². The van der Waals surface area contributed by atoms with Crippen molar-refractivity contribution < 1.29 is 14.5 Å². The summed E-state index contributed by atoms with van der Waals surface area (Å²) in [5.74, 6) is 0.0715. The standard InChI is InChI=1S/C20H24N4O4S/c25-20(19-4-2-12-29-19)23-9-7-22(8-10-23)15-5-6-18(24(26)27)17(13-15)21-14-16-3-1-11-28-16/h2,4-6,12-13,16,21H,1,3,7-11,14H2/t16-/m1/s1. The van der Waals surface area contributed by atoms with Gasteiger partial charge in [-0.15, -0.1) is 11.3 Å². The highest BCUT2D eigenvalue weighted by Gasteiger charge is 2.25. The molecule has 2 fully saturated rings. The van der Waals surface area contributed by atoms with E-state index in [1.54, 1.807) is 12.1 Å². The van der Waals surface area contributed by atoms with Crippen LogP contribution in [-0.2, 0) is 4.74 Å². The van der Waals surface area contributed by atoms with Crippen LogP contribution in [0.2, 0.25) is 0 Å². The number of nitrogens with one attached hydrogen (secondary N) is 1. The van der Waals surface area contributed by atoms with E-state index in [0.29, 0.717) is 38.4 Å². The van der Waals surface area contributed by atoms with Crippen LogP contribution in [0.15, 0.2) is 35.7 Å². The van der Waals surface area contributed by atoms with E-state index in [0.717, 1.165) is 30.0 Å². The van der Waals surface area contributed by atoms with Crippen molar-refractivity contribution >= 4 is 34.3 Å². The number of amides is 1. The van der Waals surface area contributed by atoms with Crippen molar-refractivity contribution in [2.45, 2.75) is 18.9 Å². The van der Waals surface area contributed by atoms with Crippen molar-refractivity contribution in [2.75, 3.05) is 49.5 Å². The number of nitro benzene ring substituents is 1. The molecule has 2 aromatic rings. The van der Waals surface area contributed by atoms with Crippen molar-refractivity contribution in [1.82, 2.24) is 4.90 Å². The molecule has 2 saturated heterocycles. The lowest BCUT2D eigenvalue weighted by atomic mass is 10.2. The van der Waals surface area contributed by atoms with Crippen molar-refractivity contribution in [1.29, 1.82) is 0 Å². The number of hydrogen-bond donors (Lipinski definition) is 1. The van der Waals surface area contributed by atoms with E-state index in [1.165, 1.54) is 11.3 Å². The van der Waals surface area contributed by atoms with Gasteiger partial charge in [0.2, 0.25) is 0 Å². The van der Waals surface area contributed by atoms with Crippen LogP contribution in [0.5, 0.6) is 0 Å². The molecular formula is C20H24N4O4S. The third-order valence-corrected chi connectivity index (χ3v) is 6.24. The van der Waals surface area contributed by atoms with Crippen molar-refractivity contribution in [3.05, 3.63) is 50.7 Å². The molecule has 8 nitrogen and oxygen atoms in total. The molecule has 2 aliphatic heterocycles. The maximum Gasteiger partial charge on any atom is 0.292 e. The first-order valence-corrected chi connectivity index (χ1v) is 10.7. The lowest BCUT2D eigenvalue weighted by molar-refractivity contribution is -0.383. The first kappa shape index (κ1) is 19.7. The summed E-state index contributed by atoms with van der Waals surface area (Å²) >= 11 is 1.46. The van der Waals surface area contributed by atoms with Crippen LogP contribution in [0, 0.1) is 10.1 Å². The maximum atomic E-state index is 12.5. The Hall–Kier alpha value is -2.65. The van der Waals surface area contributed by atoms with E-state index < -0.39 is 0 Å². The quantitative estimate of drug-likeness (QED) is 0.575. The molecule has 4 rings (SSSR count). The number of nitrogens with zero attached hydrogens (tertiary/aromatic N) is 3. The Balaban J connectivity index is 1.42. The predicted octanol–water partition coefficient (Wildman–Crippen LogP) is 3.21. The van der Waals surface area contributed by atoms with Gasteiger partial charge in [-0.05, 0) is 36.4 Å². The summed E-state index contributed by atoms with van der Waals surface area (Å²) < 4.78 is 5.61. The SMILES string of the molecule is O=C(c1cccs1)N1CCN(c2ccc([N+](=O)[O-])c(NC[C@H]3CCCO3)c2)CC1. The fourth-order valence-corrected chi connectivity index (χ4v) is 4.47. The number of carbonyl (C=O) groups is 1. The minimum Gasteiger partial charge on any atom is -0.377 e. The molecule has 1 aromatic carbocycles. The van der Waals surface area contributed by atoms with Gasteiger partial charge in [0.1, 0.15) is 5.69 Å². The van der Waals surface area contributed by atoms with Gasteiger partial charge >= 0.3 is 0 Å². The van der Waals surface area contributed by atoms with Crippen molar-refractivity contribution in [2.24, 2.45) is 0 Å². The Labute approximate surface area is 173 Å². The highest BCUT2D eigenvalue weighted by atomic mass is 32.1. The van der Waals surface area contributed by atoms with Gasteiger partial charge in [0, 0.05) is 51.1 Å². The maximum absolute atomic E-state index is 12.5. The molecule has 0 radical (unpaired) electrons. The van der Waals surface area contributed by atoms with Crippen LogP contribution in [0.3, 0.4) is 0 Å². The lowest BCUT2D eigenvalue weighted by Gasteiger charge is -2.36. The van der Waals surface area contributed by atoms with E-state index >= 15 is 0 Å². The molecule has 29 heavy (non-hydrogen) atoms. The number of hydrogen-bond acceptors (Lipinski definition) is 7. The van der Waals surface area contributed by atoms with E-state index in [-0.39, 0.29) is 22.6 Å². The van der Waals surface area contributed by atoms with Gasteiger partial charge < -0.3 is 19.9 Å². The van der Waals surface area contributed by atoms with Crippen LogP contribution in [-0.4, -0.2) is 61.2 Å². The Morgan fingerprint density at radius 3 is 2.76 bits per heavy atom. The molecule has 3 heterocycles. The van der Waals surface area contributed by atoms with Gasteiger partial charge in [-0.25, -0.2) is 0 Å². The second kappa shape index (κ2) is 8.79.